The van der Waals surface area contributed by atoms with Crippen molar-refractivity contribution in [2.75, 3.05) is 11.1 Å². The van der Waals surface area contributed by atoms with Gasteiger partial charge < -0.3 is 16.0 Å². The molecule has 2 aliphatic rings. The SMILES string of the molecule is Cc1ccc(NC(=O)CCCC[C@@H]2[C@H]3NC(=O)N[C@H]3CS2(=O)=O)cc1C. The average molecular weight is 379 g/mol. The molecule has 0 spiro atoms. The van der Waals surface area contributed by atoms with Crippen LogP contribution in [0.15, 0.2) is 18.2 Å². The molecule has 0 radical (unpaired) electrons. The third-order valence-electron chi connectivity index (χ3n) is 5.25. The number of carbonyl (C=O) groups excluding carboxylic acids is 2. The second kappa shape index (κ2) is 7.26. The Morgan fingerprint density at radius 2 is 1.96 bits per heavy atom. The molecule has 0 aromatic heterocycles. The van der Waals surface area contributed by atoms with E-state index in [-0.39, 0.29) is 29.8 Å². The molecule has 0 bridgehead atoms. The predicted octanol–water partition coefficient (Wildman–Crippen LogP) is 1.65. The molecule has 8 heteroatoms. The van der Waals surface area contributed by atoms with Crippen molar-refractivity contribution in [2.24, 2.45) is 0 Å². The molecule has 1 aromatic carbocycles. The first-order valence-electron chi connectivity index (χ1n) is 8.92. The highest BCUT2D eigenvalue weighted by molar-refractivity contribution is 7.92. The van der Waals surface area contributed by atoms with Crippen LogP contribution in [-0.4, -0.2) is 43.4 Å². The molecular weight excluding hydrogens is 354 g/mol. The fourth-order valence-corrected chi connectivity index (χ4v) is 5.95. The predicted molar refractivity (Wildman–Crippen MR) is 99.8 cm³/mol. The molecule has 3 rings (SSSR count). The smallest absolute Gasteiger partial charge is 0.315 e. The summed E-state index contributed by atoms with van der Waals surface area (Å²) < 4.78 is 24.5. The lowest BCUT2D eigenvalue weighted by Crippen LogP contribution is -2.39. The zero-order chi connectivity index (χ0) is 18.9. The van der Waals surface area contributed by atoms with E-state index in [4.69, 9.17) is 0 Å². The van der Waals surface area contributed by atoms with Gasteiger partial charge in [0.2, 0.25) is 5.91 Å². The Labute approximate surface area is 153 Å². The van der Waals surface area contributed by atoms with Gasteiger partial charge in [-0.25, -0.2) is 13.2 Å². The van der Waals surface area contributed by atoms with E-state index < -0.39 is 15.1 Å². The topological polar surface area (TPSA) is 104 Å². The van der Waals surface area contributed by atoms with E-state index in [1.807, 2.05) is 32.0 Å². The first kappa shape index (κ1) is 18.7. The molecule has 26 heavy (non-hydrogen) atoms. The van der Waals surface area contributed by atoms with Crippen LogP contribution in [0.3, 0.4) is 0 Å². The second-order valence-corrected chi connectivity index (χ2v) is 9.48. The maximum Gasteiger partial charge on any atom is 0.315 e. The van der Waals surface area contributed by atoms with Crippen LogP contribution in [-0.2, 0) is 14.6 Å². The minimum Gasteiger partial charge on any atom is -0.332 e. The normalized spacial score (nSPS) is 26.1. The summed E-state index contributed by atoms with van der Waals surface area (Å²) in [5.74, 6) is -0.0785. The summed E-state index contributed by atoms with van der Waals surface area (Å²) in [4.78, 5) is 23.4. The number of unbranched alkanes of at least 4 members (excludes halogenated alkanes) is 1. The zero-order valence-electron chi connectivity index (χ0n) is 15.0. The fourth-order valence-electron chi connectivity index (χ4n) is 3.68. The van der Waals surface area contributed by atoms with Crippen LogP contribution in [0, 0.1) is 13.8 Å². The van der Waals surface area contributed by atoms with Crippen molar-refractivity contribution in [3.05, 3.63) is 29.3 Å². The van der Waals surface area contributed by atoms with Crippen molar-refractivity contribution in [3.63, 3.8) is 0 Å². The molecule has 0 aliphatic carbocycles. The molecule has 2 fully saturated rings. The minimum absolute atomic E-state index is 0.00562. The van der Waals surface area contributed by atoms with Gasteiger partial charge >= 0.3 is 6.03 Å². The highest BCUT2D eigenvalue weighted by atomic mass is 32.2. The van der Waals surface area contributed by atoms with E-state index in [0.29, 0.717) is 25.7 Å². The summed E-state index contributed by atoms with van der Waals surface area (Å²) in [6.07, 6.45) is 2.05. The molecule has 7 nitrogen and oxygen atoms in total. The largest absolute Gasteiger partial charge is 0.332 e. The number of aryl methyl sites for hydroxylation is 2. The lowest BCUT2D eigenvalue weighted by Gasteiger charge is -2.16. The third-order valence-corrected chi connectivity index (χ3v) is 7.53. The van der Waals surface area contributed by atoms with Crippen LogP contribution in [0.4, 0.5) is 10.5 Å². The van der Waals surface area contributed by atoms with Crippen molar-refractivity contribution >= 4 is 27.5 Å². The molecular formula is C18H25N3O4S. The van der Waals surface area contributed by atoms with E-state index in [0.717, 1.165) is 11.3 Å². The Balaban J connectivity index is 1.45. The molecule has 3 atom stereocenters. The summed E-state index contributed by atoms with van der Waals surface area (Å²) >= 11 is 0. The van der Waals surface area contributed by atoms with Gasteiger partial charge in [0.15, 0.2) is 9.84 Å². The van der Waals surface area contributed by atoms with Crippen LogP contribution < -0.4 is 16.0 Å². The average Bonchev–Trinajstić information content (AvgIpc) is 2.99. The molecule has 2 heterocycles. The van der Waals surface area contributed by atoms with Crippen molar-refractivity contribution in [1.82, 2.24) is 10.6 Å². The van der Waals surface area contributed by atoms with Gasteiger partial charge in [0.25, 0.3) is 0 Å². The van der Waals surface area contributed by atoms with Crippen molar-refractivity contribution < 1.29 is 18.0 Å². The van der Waals surface area contributed by atoms with Crippen LogP contribution >= 0.6 is 0 Å². The lowest BCUT2D eigenvalue weighted by atomic mass is 10.0. The minimum atomic E-state index is -3.21. The van der Waals surface area contributed by atoms with Crippen molar-refractivity contribution in [1.29, 1.82) is 0 Å². The Morgan fingerprint density at radius 1 is 1.19 bits per heavy atom. The Bertz CT molecular complexity index is 822. The zero-order valence-corrected chi connectivity index (χ0v) is 15.9. The van der Waals surface area contributed by atoms with Gasteiger partial charge in [0, 0.05) is 12.1 Å². The number of carbonyl (C=O) groups is 2. The highest BCUT2D eigenvalue weighted by Crippen LogP contribution is 2.28. The molecule has 142 valence electrons. The third kappa shape index (κ3) is 4.00. The van der Waals surface area contributed by atoms with Crippen LogP contribution in [0.2, 0.25) is 0 Å². The molecule has 0 saturated carbocycles. The lowest BCUT2D eigenvalue weighted by molar-refractivity contribution is -0.116. The van der Waals surface area contributed by atoms with Crippen LogP contribution in [0.1, 0.15) is 36.8 Å². The van der Waals surface area contributed by atoms with Crippen molar-refractivity contribution in [3.8, 4) is 0 Å². The molecule has 0 unspecified atom stereocenters. The van der Waals surface area contributed by atoms with Gasteiger partial charge in [-0.15, -0.1) is 0 Å². The van der Waals surface area contributed by atoms with E-state index in [1.165, 1.54) is 5.56 Å². The number of anilines is 1. The van der Waals surface area contributed by atoms with Crippen molar-refractivity contribution in [2.45, 2.75) is 56.9 Å². The van der Waals surface area contributed by atoms with Crippen LogP contribution in [0.5, 0.6) is 0 Å². The number of hydrogen-bond acceptors (Lipinski definition) is 4. The number of nitrogens with one attached hydrogen (secondary N) is 3. The van der Waals surface area contributed by atoms with Crippen LogP contribution in [0.25, 0.3) is 0 Å². The summed E-state index contributed by atoms with van der Waals surface area (Å²) in [6, 6.07) is 4.81. The standard InChI is InChI=1S/C18H25N3O4S/c1-11-7-8-13(9-12(11)2)19-16(22)6-4-3-5-15-17-14(10-26(15,24)25)20-18(23)21-17/h7-9,14-15,17H,3-6,10H2,1-2H3,(H,19,22)(H2,20,21,23)/t14-,15+,17-/m0/s1. The Hall–Kier alpha value is -2.09. The quantitative estimate of drug-likeness (QED) is 0.516. The maximum absolute atomic E-state index is 12.2. The number of hydrogen-bond donors (Lipinski definition) is 3. The molecule has 3 amide bonds. The van der Waals surface area contributed by atoms with Gasteiger partial charge in [-0.2, -0.15) is 0 Å². The van der Waals surface area contributed by atoms with E-state index in [1.54, 1.807) is 0 Å². The number of amides is 3. The summed E-state index contributed by atoms with van der Waals surface area (Å²) in [7, 11) is -3.21. The summed E-state index contributed by atoms with van der Waals surface area (Å²) in [5.41, 5.74) is 3.07. The fraction of sp³-hybridized carbons (Fsp3) is 0.556. The van der Waals surface area contributed by atoms with Gasteiger partial charge in [0.1, 0.15) is 0 Å². The second-order valence-electron chi connectivity index (χ2n) is 7.21. The Morgan fingerprint density at radius 3 is 2.69 bits per heavy atom. The first-order valence-corrected chi connectivity index (χ1v) is 10.6. The molecule has 3 N–H and O–H groups in total. The number of urea groups is 1. The number of rotatable bonds is 6. The van der Waals surface area contributed by atoms with Gasteiger partial charge in [-0.3, -0.25) is 4.79 Å². The van der Waals surface area contributed by atoms with E-state index in [9.17, 15) is 18.0 Å². The van der Waals surface area contributed by atoms with Gasteiger partial charge in [-0.05, 0) is 49.9 Å². The van der Waals surface area contributed by atoms with Gasteiger partial charge in [-0.1, -0.05) is 12.5 Å². The number of benzene rings is 1. The van der Waals surface area contributed by atoms with Gasteiger partial charge in [0.05, 0.1) is 23.1 Å². The van der Waals surface area contributed by atoms with E-state index >= 15 is 0 Å². The monoisotopic (exact) mass is 379 g/mol. The maximum atomic E-state index is 12.2. The summed E-state index contributed by atoms with van der Waals surface area (Å²) in [5, 5.41) is 7.67. The molecule has 2 saturated heterocycles. The number of sulfone groups is 1. The Kier molecular flexibility index (Phi) is 5.22. The van der Waals surface area contributed by atoms with E-state index in [2.05, 4.69) is 16.0 Å². The molecule has 1 aromatic rings. The molecule has 2 aliphatic heterocycles. The number of fused-ring (bicyclic) bond motifs is 1. The summed E-state index contributed by atoms with van der Waals surface area (Å²) in [6.45, 7) is 4.02. The first-order chi connectivity index (χ1) is 12.3. The highest BCUT2D eigenvalue weighted by Gasteiger charge is 2.51.